The van der Waals surface area contributed by atoms with Crippen LogP contribution in [0.5, 0.6) is 0 Å². The van der Waals surface area contributed by atoms with Crippen molar-refractivity contribution in [2.45, 2.75) is 25.0 Å². The van der Waals surface area contributed by atoms with Crippen molar-refractivity contribution >= 4 is 0 Å². The van der Waals surface area contributed by atoms with Crippen LogP contribution >= 0.6 is 0 Å². The van der Waals surface area contributed by atoms with Gasteiger partial charge in [0.25, 0.3) is 0 Å². The van der Waals surface area contributed by atoms with Crippen molar-refractivity contribution in [2.75, 3.05) is 32.8 Å². The molecule has 1 aliphatic rings. The Bertz CT molecular complexity index is 187. The molecule has 0 radical (unpaired) electrons. The summed E-state index contributed by atoms with van der Waals surface area (Å²) in [7, 11) is 0. The largest absolute Gasteiger partial charge is 0.395 e. The van der Waals surface area contributed by atoms with Crippen LogP contribution in [0, 0.1) is 0 Å². The highest BCUT2D eigenvalue weighted by molar-refractivity contribution is 4.80. The first-order chi connectivity index (χ1) is 7.30. The number of hydrogen-bond acceptors (Lipinski definition) is 4. The van der Waals surface area contributed by atoms with Crippen LogP contribution in [0.3, 0.4) is 0 Å². The van der Waals surface area contributed by atoms with E-state index in [0.29, 0.717) is 13.1 Å². The van der Waals surface area contributed by atoms with E-state index in [2.05, 4.69) is 11.5 Å². The Morgan fingerprint density at radius 1 is 1.47 bits per heavy atom. The maximum absolute atomic E-state index is 8.90. The average Bonchev–Trinajstić information content (AvgIpc) is 2.66. The zero-order chi connectivity index (χ0) is 11.1. The summed E-state index contributed by atoms with van der Waals surface area (Å²) in [6.45, 7) is 6.84. The number of aliphatic hydroxyl groups is 1. The lowest BCUT2D eigenvalue weighted by Gasteiger charge is -2.23. The van der Waals surface area contributed by atoms with Crippen LogP contribution in [-0.2, 0) is 4.74 Å². The van der Waals surface area contributed by atoms with Crippen molar-refractivity contribution in [3.05, 3.63) is 12.7 Å². The quantitative estimate of drug-likeness (QED) is 0.584. The maximum Gasteiger partial charge on any atom is 0.0707 e. The van der Waals surface area contributed by atoms with Gasteiger partial charge in [0, 0.05) is 26.2 Å². The molecule has 4 heteroatoms. The molecule has 88 valence electrons. The van der Waals surface area contributed by atoms with E-state index in [9.17, 15) is 0 Å². The van der Waals surface area contributed by atoms with E-state index in [1.54, 1.807) is 0 Å². The number of hydrogen-bond donors (Lipinski definition) is 2. The number of aliphatic hydroxyl groups excluding tert-OH is 1. The molecule has 0 bridgehead atoms. The summed E-state index contributed by atoms with van der Waals surface area (Å²) in [6.07, 6.45) is 4.48. The molecule has 0 spiro atoms. The van der Waals surface area contributed by atoms with Crippen molar-refractivity contribution in [1.29, 1.82) is 0 Å². The van der Waals surface area contributed by atoms with Crippen molar-refractivity contribution < 1.29 is 9.84 Å². The van der Waals surface area contributed by atoms with E-state index >= 15 is 0 Å². The molecular weight excluding hydrogens is 192 g/mol. The van der Waals surface area contributed by atoms with E-state index in [1.165, 1.54) is 0 Å². The Labute approximate surface area is 91.7 Å². The van der Waals surface area contributed by atoms with Gasteiger partial charge < -0.3 is 15.6 Å². The lowest BCUT2D eigenvalue weighted by Crippen LogP contribution is -2.35. The molecule has 0 aliphatic carbocycles. The molecule has 0 saturated carbocycles. The lowest BCUT2D eigenvalue weighted by atomic mass is 10.2. The fourth-order valence-corrected chi connectivity index (χ4v) is 1.96. The van der Waals surface area contributed by atoms with Gasteiger partial charge in [-0.1, -0.05) is 6.08 Å². The minimum absolute atomic E-state index is 0.181. The predicted octanol–water partition coefficient (Wildman–Crippen LogP) is -0.0270. The highest BCUT2D eigenvalue weighted by atomic mass is 16.5. The van der Waals surface area contributed by atoms with Gasteiger partial charge in [0.1, 0.15) is 0 Å². The molecule has 3 N–H and O–H groups in total. The van der Waals surface area contributed by atoms with Gasteiger partial charge in [-0.2, -0.15) is 0 Å². The standard InChI is InChI=1S/C11H22N2O2/c1-2-5-13(6-7-14)9-11-4-3-10(8-12)15-11/h2,10-11,14H,1,3-9,12H2. The van der Waals surface area contributed by atoms with Gasteiger partial charge >= 0.3 is 0 Å². The minimum Gasteiger partial charge on any atom is -0.395 e. The van der Waals surface area contributed by atoms with E-state index in [0.717, 1.165) is 25.9 Å². The number of nitrogens with zero attached hydrogens (tertiary/aromatic N) is 1. The summed E-state index contributed by atoms with van der Waals surface area (Å²) in [4.78, 5) is 2.15. The zero-order valence-corrected chi connectivity index (χ0v) is 9.27. The average molecular weight is 214 g/mol. The third-order valence-corrected chi connectivity index (χ3v) is 2.72. The van der Waals surface area contributed by atoms with Gasteiger partial charge in [0.2, 0.25) is 0 Å². The van der Waals surface area contributed by atoms with Gasteiger partial charge in [0.05, 0.1) is 18.8 Å². The minimum atomic E-state index is 0.181. The number of ether oxygens (including phenoxy) is 1. The van der Waals surface area contributed by atoms with Crippen molar-refractivity contribution in [1.82, 2.24) is 4.90 Å². The lowest BCUT2D eigenvalue weighted by molar-refractivity contribution is 0.0265. The first kappa shape index (κ1) is 12.6. The van der Waals surface area contributed by atoms with Gasteiger partial charge in [-0.25, -0.2) is 0 Å². The summed E-state index contributed by atoms with van der Waals surface area (Å²) in [6, 6.07) is 0. The van der Waals surface area contributed by atoms with Crippen LogP contribution < -0.4 is 5.73 Å². The first-order valence-corrected chi connectivity index (χ1v) is 5.59. The second-order valence-corrected chi connectivity index (χ2v) is 3.97. The maximum atomic E-state index is 8.90. The fourth-order valence-electron chi connectivity index (χ4n) is 1.96. The summed E-state index contributed by atoms with van der Waals surface area (Å²) >= 11 is 0. The second kappa shape index (κ2) is 6.95. The monoisotopic (exact) mass is 214 g/mol. The topological polar surface area (TPSA) is 58.7 Å². The molecule has 0 aromatic carbocycles. The molecule has 0 amide bonds. The SMILES string of the molecule is C=CCN(CCO)CC1CCC(CN)O1. The molecule has 15 heavy (non-hydrogen) atoms. The number of rotatable bonds is 7. The summed E-state index contributed by atoms with van der Waals surface area (Å²) in [5, 5.41) is 8.90. The molecule has 2 unspecified atom stereocenters. The molecule has 1 rings (SSSR count). The molecule has 0 aromatic heterocycles. The first-order valence-electron chi connectivity index (χ1n) is 5.59. The van der Waals surface area contributed by atoms with Crippen LogP contribution in [0.4, 0.5) is 0 Å². The molecule has 1 aliphatic heterocycles. The van der Waals surface area contributed by atoms with Crippen molar-refractivity contribution in [2.24, 2.45) is 5.73 Å². The Kier molecular flexibility index (Phi) is 5.86. The third kappa shape index (κ3) is 4.30. The van der Waals surface area contributed by atoms with E-state index in [1.807, 2.05) is 6.08 Å². The summed E-state index contributed by atoms with van der Waals surface area (Å²) in [5.41, 5.74) is 5.55. The predicted molar refractivity (Wildman–Crippen MR) is 60.7 cm³/mol. The van der Waals surface area contributed by atoms with Gasteiger partial charge in [-0.15, -0.1) is 6.58 Å². The van der Waals surface area contributed by atoms with Crippen molar-refractivity contribution in [3.8, 4) is 0 Å². The fraction of sp³-hybridized carbons (Fsp3) is 0.818. The number of nitrogens with two attached hydrogens (primary N) is 1. The molecule has 0 aromatic rings. The third-order valence-electron chi connectivity index (χ3n) is 2.72. The highest BCUT2D eigenvalue weighted by Gasteiger charge is 2.25. The van der Waals surface area contributed by atoms with Crippen LogP contribution in [-0.4, -0.2) is 55.0 Å². The normalized spacial score (nSPS) is 26.1. The van der Waals surface area contributed by atoms with Gasteiger partial charge in [-0.3, -0.25) is 4.90 Å². The van der Waals surface area contributed by atoms with Crippen LogP contribution in [0.15, 0.2) is 12.7 Å². The van der Waals surface area contributed by atoms with Gasteiger partial charge in [-0.05, 0) is 12.8 Å². The smallest absolute Gasteiger partial charge is 0.0707 e. The zero-order valence-electron chi connectivity index (χ0n) is 9.27. The Balaban J connectivity index is 2.28. The van der Waals surface area contributed by atoms with E-state index in [4.69, 9.17) is 15.6 Å². The molecule has 1 fully saturated rings. The summed E-state index contributed by atoms with van der Waals surface area (Å²) < 4.78 is 5.75. The van der Waals surface area contributed by atoms with Gasteiger partial charge in [0.15, 0.2) is 0 Å². The molecule has 2 atom stereocenters. The molecular formula is C11H22N2O2. The van der Waals surface area contributed by atoms with Crippen LogP contribution in [0.2, 0.25) is 0 Å². The Morgan fingerprint density at radius 2 is 2.20 bits per heavy atom. The highest BCUT2D eigenvalue weighted by Crippen LogP contribution is 2.19. The van der Waals surface area contributed by atoms with Crippen molar-refractivity contribution in [3.63, 3.8) is 0 Å². The summed E-state index contributed by atoms with van der Waals surface area (Å²) in [5.74, 6) is 0. The molecule has 1 saturated heterocycles. The van der Waals surface area contributed by atoms with E-state index in [-0.39, 0.29) is 18.8 Å². The van der Waals surface area contributed by atoms with Crippen LogP contribution in [0.25, 0.3) is 0 Å². The molecule has 4 nitrogen and oxygen atoms in total. The van der Waals surface area contributed by atoms with Crippen LogP contribution in [0.1, 0.15) is 12.8 Å². The Hall–Kier alpha value is -0.420. The second-order valence-electron chi connectivity index (χ2n) is 3.97. The Morgan fingerprint density at radius 3 is 2.73 bits per heavy atom. The molecule has 1 heterocycles. The van der Waals surface area contributed by atoms with E-state index < -0.39 is 0 Å².